The van der Waals surface area contributed by atoms with Crippen LogP contribution in [0.1, 0.15) is 13.3 Å². The summed E-state index contributed by atoms with van der Waals surface area (Å²) in [5, 5.41) is 4.90. The second kappa shape index (κ2) is 10.1. The fourth-order valence-electron chi connectivity index (χ4n) is 1.42. The van der Waals surface area contributed by atoms with Crippen molar-refractivity contribution in [2.45, 2.75) is 13.3 Å². The van der Waals surface area contributed by atoms with E-state index >= 15 is 0 Å². The number of halogens is 1. The minimum absolute atomic E-state index is 0.178. The molecule has 1 rings (SSSR count). The lowest BCUT2D eigenvalue weighted by atomic mass is 10.3. The molecule has 0 spiro atoms. The van der Waals surface area contributed by atoms with Crippen LogP contribution in [0.4, 0.5) is 4.39 Å². The topological polar surface area (TPSA) is 93.7 Å². The van der Waals surface area contributed by atoms with Crippen LogP contribution >= 0.6 is 0 Å². The third-order valence-electron chi connectivity index (χ3n) is 2.55. The first-order chi connectivity index (χ1) is 11.0. The van der Waals surface area contributed by atoms with Gasteiger partial charge in [-0.05, 0) is 30.7 Å². The molecular weight excluding hydrogens is 307 g/mol. The molecule has 0 unspecified atom stereocenters. The molecule has 0 saturated heterocycles. The summed E-state index contributed by atoms with van der Waals surface area (Å²) in [4.78, 5) is 34.0. The molecule has 126 valence electrons. The minimum Gasteiger partial charge on any atom is -0.482 e. The second-order valence-corrected chi connectivity index (χ2v) is 4.53. The van der Waals surface area contributed by atoms with Gasteiger partial charge in [0.25, 0.3) is 5.91 Å². The zero-order valence-electron chi connectivity index (χ0n) is 12.8. The lowest BCUT2D eigenvalue weighted by Gasteiger charge is -2.08. The maximum absolute atomic E-state index is 12.7. The van der Waals surface area contributed by atoms with Gasteiger partial charge in [-0.3, -0.25) is 9.59 Å². The number of ether oxygens (including phenoxy) is 2. The number of rotatable bonds is 9. The van der Waals surface area contributed by atoms with Crippen molar-refractivity contribution < 1.29 is 28.2 Å². The predicted octanol–water partition coefficient (Wildman–Crippen LogP) is 0.390. The Balaban J connectivity index is 2.16. The van der Waals surface area contributed by atoms with Gasteiger partial charge in [0.15, 0.2) is 13.2 Å². The number of hydrogen-bond acceptors (Lipinski definition) is 5. The molecule has 0 aliphatic carbocycles. The standard InChI is InChI=1S/C15H19FN2O5/c1-2-7-17-13(19)8-18-14(20)9-23-15(21)10-22-12-5-3-11(16)4-6-12/h3-6H,2,7-10H2,1H3,(H,17,19)(H,18,20). The molecule has 1 aromatic carbocycles. The van der Waals surface area contributed by atoms with Crippen LogP contribution in [0.5, 0.6) is 5.75 Å². The van der Waals surface area contributed by atoms with E-state index in [1.54, 1.807) is 0 Å². The SMILES string of the molecule is CCCNC(=O)CNC(=O)COC(=O)COc1ccc(F)cc1. The van der Waals surface area contributed by atoms with Gasteiger partial charge in [-0.25, -0.2) is 9.18 Å². The Morgan fingerprint density at radius 2 is 1.74 bits per heavy atom. The molecule has 7 nitrogen and oxygen atoms in total. The van der Waals surface area contributed by atoms with Crippen molar-refractivity contribution in [1.82, 2.24) is 10.6 Å². The van der Waals surface area contributed by atoms with Gasteiger partial charge in [0.2, 0.25) is 5.91 Å². The van der Waals surface area contributed by atoms with E-state index in [0.717, 1.165) is 6.42 Å². The van der Waals surface area contributed by atoms with E-state index in [2.05, 4.69) is 15.4 Å². The van der Waals surface area contributed by atoms with E-state index < -0.39 is 30.9 Å². The molecule has 0 aliphatic heterocycles. The molecule has 0 aromatic heterocycles. The van der Waals surface area contributed by atoms with Crippen LogP contribution in [0.25, 0.3) is 0 Å². The first-order valence-corrected chi connectivity index (χ1v) is 7.08. The highest BCUT2D eigenvalue weighted by Crippen LogP contribution is 2.10. The number of esters is 1. The van der Waals surface area contributed by atoms with E-state index in [0.29, 0.717) is 12.3 Å². The quantitative estimate of drug-likeness (QED) is 0.640. The van der Waals surface area contributed by atoms with Crippen LogP contribution in [-0.4, -0.2) is 44.1 Å². The second-order valence-electron chi connectivity index (χ2n) is 4.53. The molecule has 23 heavy (non-hydrogen) atoms. The van der Waals surface area contributed by atoms with Crippen LogP contribution < -0.4 is 15.4 Å². The van der Waals surface area contributed by atoms with Crippen LogP contribution in [-0.2, 0) is 19.1 Å². The summed E-state index contributed by atoms with van der Waals surface area (Å²) < 4.78 is 22.4. The highest BCUT2D eigenvalue weighted by molar-refractivity contribution is 5.86. The largest absolute Gasteiger partial charge is 0.482 e. The summed E-state index contributed by atoms with van der Waals surface area (Å²) in [7, 11) is 0. The Kier molecular flexibility index (Phi) is 8.12. The molecule has 0 heterocycles. The average Bonchev–Trinajstić information content (AvgIpc) is 2.55. The molecule has 0 atom stereocenters. The fraction of sp³-hybridized carbons (Fsp3) is 0.400. The van der Waals surface area contributed by atoms with E-state index in [4.69, 9.17) is 4.74 Å². The third-order valence-corrected chi connectivity index (χ3v) is 2.55. The molecule has 0 aliphatic rings. The molecule has 0 radical (unpaired) electrons. The van der Waals surface area contributed by atoms with Crippen molar-refractivity contribution in [3.8, 4) is 5.75 Å². The van der Waals surface area contributed by atoms with Gasteiger partial charge < -0.3 is 20.1 Å². The molecular formula is C15H19FN2O5. The number of nitrogens with one attached hydrogen (secondary N) is 2. The molecule has 0 fully saturated rings. The van der Waals surface area contributed by atoms with Gasteiger partial charge in [0.1, 0.15) is 11.6 Å². The van der Waals surface area contributed by atoms with Crippen LogP contribution in [0, 0.1) is 5.82 Å². The van der Waals surface area contributed by atoms with E-state index in [9.17, 15) is 18.8 Å². The van der Waals surface area contributed by atoms with Crippen LogP contribution in [0.15, 0.2) is 24.3 Å². The van der Waals surface area contributed by atoms with E-state index in [1.165, 1.54) is 24.3 Å². The minimum atomic E-state index is -0.750. The van der Waals surface area contributed by atoms with Crippen LogP contribution in [0.3, 0.4) is 0 Å². The van der Waals surface area contributed by atoms with Gasteiger partial charge in [-0.2, -0.15) is 0 Å². The van der Waals surface area contributed by atoms with Gasteiger partial charge in [-0.15, -0.1) is 0 Å². The van der Waals surface area contributed by atoms with E-state index in [-0.39, 0.29) is 12.5 Å². The Morgan fingerprint density at radius 1 is 1.04 bits per heavy atom. The zero-order valence-corrected chi connectivity index (χ0v) is 12.8. The van der Waals surface area contributed by atoms with Crippen molar-refractivity contribution in [2.75, 3.05) is 26.3 Å². The number of amides is 2. The van der Waals surface area contributed by atoms with Crippen molar-refractivity contribution in [3.63, 3.8) is 0 Å². The number of benzene rings is 1. The third kappa shape index (κ3) is 8.40. The summed E-state index contributed by atoms with van der Waals surface area (Å²) in [5.41, 5.74) is 0. The zero-order chi connectivity index (χ0) is 17.1. The van der Waals surface area contributed by atoms with Crippen molar-refractivity contribution in [2.24, 2.45) is 0 Å². The first kappa shape index (κ1) is 18.4. The Morgan fingerprint density at radius 3 is 2.39 bits per heavy atom. The molecule has 2 N–H and O–H groups in total. The van der Waals surface area contributed by atoms with Gasteiger partial charge in [-0.1, -0.05) is 6.92 Å². The summed E-state index contributed by atoms with van der Waals surface area (Å²) in [6.07, 6.45) is 0.797. The maximum Gasteiger partial charge on any atom is 0.344 e. The average molecular weight is 326 g/mol. The predicted molar refractivity (Wildman–Crippen MR) is 79.2 cm³/mol. The summed E-state index contributed by atoms with van der Waals surface area (Å²) >= 11 is 0. The Labute approximate surface area is 133 Å². The van der Waals surface area contributed by atoms with Gasteiger partial charge in [0, 0.05) is 6.54 Å². The highest BCUT2D eigenvalue weighted by Gasteiger charge is 2.09. The molecule has 8 heteroatoms. The molecule has 0 bridgehead atoms. The highest BCUT2D eigenvalue weighted by atomic mass is 19.1. The van der Waals surface area contributed by atoms with Crippen molar-refractivity contribution >= 4 is 17.8 Å². The number of hydrogen-bond donors (Lipinski definition) is 2. The van der Waals surface area contributed by atoms with Crippen LogP contribution in [0.2, 0.25) is 0 Å². The Hall–Kier alpha value is -2.64. The number of carbonyl (C=O) groups is 3. The lowest BCUT2D eigenvalue weighted by Crippen LogP contribution is -2.39. The monoisotopic (exact) mass is 326 g/mol. The van der Waals surface area contributed by atoms with Gasteiger partial charge in [0.05, 0.1) is 6.54 Å². The summed E-state index contributed by atoms with van der Waals surface area (Å²) in [5.74, 6) is -1.77. The molecule has 0 saturated carbocycles. The lowest BCUT2D eigenvalue weighted by molar-refractivity contribution is -0.150. The summed E-state index contributed by atoms with van der Waals surface area (Å²) in [6.45, 7) is 1.35. The van der Waals surface area contributed by atoms with Crippen molar-refractivity contribution in [3.05, 3.63) is 30.1 Å². The van der Waals surface area contributed by atoms with Crippen molar-refractivity contribution in [1.29, 1.82) is 0 Å². The first-order valence-electron chi connectivity index (χ1n) is 7.08. The molecule has 2 amide bonds. The number of carbonyl (C=O) groups excluding carboxylic acids is 3. The van der Waals surface area contributed by atoms with Gasteiger partial charge >= 0.3 is 5.97 Å². The Bertz CT molecular complexity index is 533. The van der Waals surface area contributed by atoms with E-state index in [1.807, 2.05) is 6.92 Å². The normalized spacial score (nSPS) is 9.83. The smallest absolute Gasteiger partial charge is 0.344 e. The fourth-order valence-corrected chi connectivity index (χ4v) is 1.42. The maximum atomic E-state index is 12.7. The summed E-state index contributed by atoms with van der Waals surface area (Å²) in [6, 6.07) is 5.11. The molecule has 1 aromatic rings.